The highest BCUT2D eigenvalue weighted by molar-refractivity contribution is 5.88. The minimum absolute atomic E-state index is 0.0869. The van der Waals surface area contributed by atoms with Crippen LogP contribution in [0, 0.1) is 6.92 Å². The Balaban J connectivity index is 1.05. The van der Waals surface area contributed by atoms with Gasteiger partial charge in [0.2, 0.25) is 0 Å². The Labute approximate surface area is 300 Å². The van der Waals surface area contributed by atoms with Gasteiger partial charge in [0, 0.05) is 33.3 Å². The first-order valence-electron chi connectivity index (χ1n) is 17.8. The van der Waals surface area contributed by atoms with Crippen LogP contribution in [0.5, 0.6) is 0 Å². The quantitative estimate of drug-likeness (QED) is 0.188. The molecule has 51 heavy (non-hydrogen) atoms. The predicted octanol–water partition coefficient (Wildman–Crippen LogP) is 12.3. The zero-order chi connectivity index (χ0) is 34.9. The van der Waals surface area contributed by atoms with E-state index in [4.69, 9.17) is 9.97 Å². The maximum Gasteiger partial charge on any atom is 0.126 e. The van der Waals surface area contributed by atoms with E-state index in [1.54, 1.807) is 0 Å². The van der Waals surface area contributed by atoms with Gasteiger partial charge in [0.25, 0.3) is 0 Å². The summed E-state index contributed by atoms with van der Waals surface area (Å²) in [6.07, 6.45) is 0. The van der Waals surface area contributed by atoms with Crippen LogP contribution in [0.15, 0.2) is 152 Å². The Morgan fingerprint density at radius 1 is 0.392 bits per heavy atom. The summed E-state index contributed by atoms with van der Waals surface area (Å²) in [6.45, 7) is 11.3. The molecule has 7 aromatic rings. The molecule has 0 saturated heterocycles. The molecule has 248 valence electrons. The molecule has 6 aromatic carbocycles. The Hall–Kier alpha value is -6.00. The van der Waals surface area contributed by atoms with E-state index in [0.717, 1.165) is 39.7 Å². The summed E-state index contributed by atoms with van der Waals surface area (Å²) in [5.74, 6) is 0.748. The summed E-state index contributed by atoms with van der Waals surface area (Å²) in [5.41, 5.74) is 16.2. The van der Waals surface area contributed by atoms with Crippen molar-refractivity contribution in [2.24, 2.45) is 0 Å². The molecule has 0 bridgehead atoms. The Morgan fingerprint density at radius 3 is 1.00 bits per heavy atom. The van der Waals surface area contributed by atoms with Gasteiger partial charge in [0.15, 0.2) is 0 Å². The molecule has 0 spiro atoms. The monoisotopic (exact) mass is 660 g/mol. The summed E-state index contributed by atoms with van der Waals surface area (Å²) >= 11 is 0. The number of nitrogens with zero attached hydrogens (tertiary/aromatic N) is 4. The highest BCUT2D eigenvalue weighted by Gasteiger charge is 2.37. The fourth-order valence-corrected chi connectivity index (χ4v) is 8.32. The molecule has 0 N–H and O–H groups in total. The van der Waals surface area contributed by atoms with Crippen LogP contribution in [0.3, 0.4) is 0 Å². The average Bonchev–Trinajstić information content (AvgIpc) is 3.15. The minimum atomic E-state index is -0.0869. The lowest BCUT2D eigenvalue weighted by molar-refractivity contribution is 0.632. The van der Waals surface area contributed by atoms with Crippen LogP contribution in [0.2, 0.25) is 0 Å². The molecule has 2 aliphatic rings. The van der Waals surface area contributed by atoms with Gasteiger partial charge in [0.1, 0.15) is 5.82 Å². The van der Waals surface area contributed by atoms with Crippen molar-refractivity contribution in [3.05, 3.63) is 180 Å². The maximum absolute atomic E-state index is 4.88. The predicted molar refractivity (Wildman–Crippen MR) is 211 cm³/mol. The molecule has 9 rings (SSSR count). The number of fused-ring (bicyclic) bond motifs is 4. The molecule has 0 fully saturated rings. The van der Waals surface area contributed by atoms with Crippen molar-refractivity contribution in [3.8, 4) is 22.5 Å². The third kappa shape index (κ3) is 4.89. The van der Waals surface area contributed by atoms with E-state index < -0.39 is 0 Å². The Kier molecular flexibility index (Phi) is 7.01. The number of aromatic nitrogens is 2. The van der Waals surface area contributed by atoms with Gasteiger partial charge in [-0.1, -0.05) is 125 Å². The van der Waals surface area contributed by atoms with Gasteiger partial charge in [-0.15, -0.1) is 0 Å². The molecular weight excluding hydrogens is 621 g/mol. The minimum Gasteiger partial charge on any atom is -0.310 e. The molecule has 4 nitrogen and oxygen atoms in total. The van der Waals surface area contributed by atoms with Crippen LogP contribution in [-0.2, 0) is 10.8 Å². The van der Waals surface area contributed by atoms with Gasteiger partial charge in [-0.3, -0.25) is 0 Å². The van der Waals surface area contributed by atoms with E-state index >= 15 is 0 Å². The molecule has 0 atom stereocenters. The molecule has 0 unspecified atom stereocenters. The van der Waals surface area contributed by atoms with Crippen LogP contribution >= 0.6 is 0 Å². The Bertz CT molecular complexity index is 2170. The van der Waals surface area contributed by atoms with E-state index in [-0.39, 0.29) is 10.8 Å². The average molecular weight is 661 g/mol. The normalized spacial score (nSPS) is 15.0. The van der Waals surface area contributed by atoms with Crippen LogP contribution in [0.25, 0.3) is 22.5 Å². The Morgan fingerprint density at radius 2 is 0.686 bits per heavy atom. The lowest BCUT2D eigenvalue weighted by Crippen LogP contribution is -2.30. The molecular formula is C47H40N4. The molecule has 0 amide bonds. The fraction of sp³-hybridized carbons (Fsp3) is 0.149. The van der Waals surface area contributed by atoms with Crippen molar-refractivity contribution in [3.63, 3.8) is 0 Å². The second-order valence-electron chi connectivity index (χ2n) is 14.8. The molecule has 0 aliphatic carbocycles. The summed E-state index contributed by atoms with van der Waals surface area (Å²) in [6, 6.07) is 54.8. The van der Waals surface area contributed by atoms with Gasteiger partial charge >= 0.3 is 0 Å². The smallest absolute Gasteiger partial charge is 0.126 e. The first kappa shape index (κ1) is 31.0. The SMILES string of the molecule is Cc1nc(-c2ccc(N3c4ccccc4C(C)(C)c4ccccc43)cc2)cc(-c2ccc(N3c4ccccc4C(C)(C)c4ccccc43)cc2)n1. The third-order valence-corrected chi connectivity index (χ3v) is 11.0. The zero-order valence-electron chi connectivity index (χ0n) is 29.7. The maximum atomic E-state index is 4.88. The molecule has 0 saturated carbocycles. The van der Waals surface area contributed by atoms with Gasteiger partial charge in [-0.05, 0) is 83.8 Å². The highest BCUT2D eigenvalue weighted by atomic mass is 15.2. The largest absolute Gasteiger partial charge is 0.310 e. The number of rotatable bonds is 4. The van der Waals surface area contributed by atoms with Gasteiger partial charge in [0.05, 0.1) is 34.1 Å². The van der Waals surface area contributed by atoms with Crippen molar-refractivity contribution in [2.75, 3.05) is 9.80 Å². The highest BCUT2D eigenvalue weighted by Crippen LogP contribution is 2.53. The molecule has 1 aromatic heterocycles. The number of anilines is 6. The molecule has 3 heterocycles. The number of hydrogen-bond acceptors (Lipinski definition) is 4. The second-order valence-corrected chi connectivity index (χ2v) is 14.8. The zero-order valence-corrected chi connectivity index (χ0v) is 29.7. The van der Waals surface area contributed by atoms with Crippen molar-refractivity contribution in [1.82, 2.24) is 9.97 Å². The number of aryl methyl sites for hydroxylation is 1. The lowest BCUT2D eigenvalue weighted by Gasteiger charge is -2.42. The van der Waals surface area contributed by atoms with Gasteiger partial charge in [-0.2, -0.15) is 0 Å². The van der Waals surface area contributed by atoms with Gasteiger partial charge < -0.3 is 9.80 Å². The summed E-state index contributed by atoms with van der Waals surface area (Å²) in [7, 11) is 0. The summed E-state index contributed by atoms with van der Waals surface area (Å²) in [4.78, 5) is 14.5. The first-order chi connectivity index (χ1) is 24.7. The van der Waals surface area contributed by atoms with Crippen LogP contribution in [0.1, 0.15) is 55.8 Å². The van der Waals surface area contributed by atoms with E-state index in [1.165, 1.54) is 45.0 Å². The number of hydrogen-bond donors (Lipinski definition) is 0. The van der Waals surface area contributed by atoms with E-state index in [0.29, 0.717) is 0 Å². The second kappa shape index (κ2) is 11.5. The number of benzene rings is 6. The van der Waals surface area contributed by atoms with Crippen molar-refractivity contribution in [2.45, 2.75) is 45.4 Å². The van der Waals surface area contributed by atoms with E-state index in [2.05, 4.69) is 189 Å². The van der Waals surface area contributed by atoms with Crippen LogP contribution in [-0.4, -0.2) is 9.97 Å². The topological polar surface area (TPSA) is 32.3 Å². The first-order valence-corrected chi connectivity index (χ1v) is 17.8. The molecule has 0 radical (unpaired) electrons. The lowest BCUT2D eigenvalue weighted by atomic mass is 9.73. The van der Waals surface area contributed by atoms with E-state index in [9.17, 15) is 0 Å². The standard InChI is InChI=1S/C47H40N4/c1-31-48-40(32-22-26-34(27-23-32)50-42-18-10-6-14-36(42)46(2,3)37-15-7-11-19-43(37)50)30-41(49-31)33-24-28-35(29-25-33)51-44-20-12-8-16-38(44)47(4,5)39-17-9-13-21-45(39)51/h6-30H,1-5H3. The summed E-state index contributed by atoms with van der Waals surface area (Å²) < 4.78 is 0. The van der Waals surface area contributed by atoms with Crippen molar-refractivity contribution >= 4 is 34.1 Å². The third-order valence-electron chi connectivity index (χ3n) is 11.0. The molecule has 2 aliphatic heterocycles. The molecule has 4 heteroatoms. The fourth-order valence-electron chi connectivity index (χ4n) is 8.32. The van der Waals surface area contributed by atoms with Crippen molar-refractivity contribution < 1.29 is 0 Å². The summed E-state index contributed by atoms with van der Waals surface area (Å²) in [5, 5.41) is 0. The van der Waals surface area contributed by atoms with Gasteiger partial charge in [-0.25, -0.2) is 9.97 Å². The van der Waals surface area contributed by atoms with Crippen LogP contribution < -0.4 is 9.80 Å². The van der Waals surface area contributed by atoms with Crippen LogP contribution in [0.4, 0.5) is 34.1 Å². The van der Waals surface area contributed by atoms with Crippen molar-refractivity contribution in [1.29, 1.82) is 0 Å². The van der Waals surface area contributed by atoms with E-state index in [1.807, 2.05) is 6.92 Å². The number of para-hydroxylation sites is 4.